The van der Waals surface area contributed by atoms with Gasteiger partial charge in [0, 0.05) is 13.2 Å². The maximum Gasteiger partial charge on any atom is 0.271 e. The maximum atomic E-state index is 11.3. The van der Waals surface area contributed by atoms with E-state index >= 15 is 0 Å². The summed E-state index contributed by atoms with van der Waals surface area (Å²) >= 11 is 0. The number of nitrogens with zero attached hydrogens (tertiary/aromatic N) is 2. The molecule has 0 fully saturated rings. The molecule has 7 nitrogen and oxygen atoms in total. The minimum Gasteiger partial charge on any atom is -0.381 e. The number of carbonyl (C=O) groups is 2. The van der Waals surface area contributed by atoms with E-state index in [1.165, 1.54) is 12.5 Å². The first-order valence-electron chi connectivity index (χ1n) is 4.24. The van der Waals surface area contributed by atoms with E-state index in [0.29, 0.717) is 0 Å². The van der Waals surface area contributed by atoms with Crippen molar-refractivity contribution in [2.24, 2.45) is 12.8 Å². The van der Waals surface area contributed by atoms with E-state index in [4.69, 9.17) is 10.8 Å². The number of nitrogens with one attached hydrogen (secondary N) is 1. The summed E-state index contributed by atoms with van der Waals surface area (Å²) in [5.41, 5.74) is 5.02. The van der Waals surface area contributed by atoms with Gasteiger partial charge in [-0.25, -0.2) is 4.98 Å². The Kier molecular flexibility index (Phi) is 3.40. The van der Waals surface area contributed by atoms with Crippen molar-refractivity contribution in [1.82, 2.24) is 14.9 Å². The Hall–Kier alpha value is -1.89. The molecule has 1 aromatic rings. The zero-order chi connectivity index (χ0) is 11.4. The van der Waals surface area contributed by atoms with Gasteiger partial charge in [0.2, 0.25) is 5.91 Å². The van der Waals surface area contributed by atoms with Crippen LogP contribution in [0, 0.1) is 0 Å². The average molecular weight is 212 g/mol. The topological polar surface area (TPSA) is 110 Å². The molecule has 0 aromatic carbocycles. The van der Waals surface area contributed by atoms with Crippen LogP contribution in [-0.2, 0) is 11.8 Å². The molecule has 0 aliphatic heterocycles. The third kappa shape index (κ3) is 3.06. The number of amides is 2. The van der Waals surface area contributed by atoms with Crippen LogP contribution in [-0.4, -0.2) is 39.1 Å². The second-order valence-electron chi connectivity index (χ2n) is 3.05. The van der Waals surface area contributed by atoms with Crippen LogP contribution in [0.15, 0.2) is 12.5 Å². The maximum absolute atomic E-state index is 11.3. The fourth-order valence-electron chi connectivity index (χ4n) is 0.911. The highest BCUT2D eigenvalue weighted by molar-refractivity contribution is 5.92. The molecule has 0 aliphatic rings. The highest BCUT2D eigenvalue weighted by Crippen LogP contribution is 1.93. The largest absolute Gasteiger partial charge is 0.381 e. The van der Waals surface area contributed by atoms with Crippen molar-refractivity contribution >= 4 is 11.8 Å². The van der Waals surface area contributed by atoms with Crippen LogP contribution < -0.4 is 11.1 Å². The van der Waals surface area contributed by atoms with Gasteiger partial charge in [0.05, 0.1) is 12.9 Å². The first-order chi connectivity index (χ1) is 7.00. The summed E-state index contributed by atoms with van der Waals surface area (Å²) in [6.45, 7) is -0.218. The van der Waals surface area contributed by atoms with Crippen LogP contribution in [0.1, 0.15) is 10.5 Å². The minimum absolute atomic E-state index is 0.217. The van der Waals surface area contributed by atoms with Crippen molar-refractivity contribution in [3.8, 4) is 0 Å². The Morgan fingerprint density at radius 2 is 2.40 bits per heavy atom. The minimum atomic E-state index is -1.38. The first kappa shape index (κ1) is 11.2. The zero-order valence-electron chi connectivity index (χ0n) is 8.17. The fraction of sp³-hybridized carbons (Fsp3) is 0.375. The van der Waals surface area contributed by atoms with Crippen molar-refractivity contribution in [2.75, 3.05) is 6.54 Å². The lowest BCUT2D eigenvalue weighted by molar-refractivity contribution is -0.125. The van der Waals surface area contributed by atoms with Gasteiger partial charge in [-0.15, -0.1) is 0 Å². The Labute approximate surface area is 85.9 Å². The summed E-state index contributed by atoms with van der Waals surface area (Å²) in [6.07, 6.45) is 1.61. The van der Waals surface area contributed by atoms with E-state index in [1.807, 2.05) is 0 Å². The molecule has 0 bridgehead atoms. The van der Waals surface area contributed by atoms with Gasteiger partial charge in [0.25, 0.3) is 5.91 Å². The summed E-state index contributed by atoms with van der Waals surface area (Å²) in [6, 6.07) is 0. The molecule has 4 N–H and O–H groups in total. The van der Waals surface area contributed by atoms with Crippen molar-refractivity contribution in [3.05, 3.63) is 18.2 Å². The zero-order valence-corrected chi connectivity index (χ0v) is 8.17. The van der Waals surface area contributed by atoms with Gasteiger partial charge >= 0.3 is 0 Å². The van der Waals surface area contributed by atoms with E-state index in [1.54, 1.807) is 11.6 Å². The number of carbonyl (C=O) groups excluding carboxylic acids is 2. The number of imidazole rings is 1. The van der Waals surface area contributed by atoms with Crippen molar-refractivity contribution in [1.29, 1.82) is 0 Å². The molecule has 0 saturated carbocycles. The van der Waals surface area contributed by atoms with E-state index in [0.717, 1.165) is 0 Å². The third-order valence-corrected chi connectivity index (χ3v) is 1.72. The smallest absolute Gasteiger partial charge is 0.271 e. The van der Waals surface area contributed by atoms with Crippen LogP contribution in [0.5, 0.6) is 0 Å². The molecule has 82 valence electrons. The van der Waals surface area contributed by atoms with E-state index < -0.39 is 17.9 Å². The van der Waals surface area contributed by atoms with Crippen LogP contribution in [0.25, 0.3) is 0 Å². The summed E-state index contributed by atoms with van der Waals surface area (Å²) < 4.78 is 1.61. The summed E-state index contributed by atoms with van der Waals surface area (Å²) in [7, 11) is 1.72. The third-order valence-electron chi connectivity index (χ3n) is 1.72. The number of nitrogens with two attached hydrogens (primary N) is 1. The van der Waals surface area contributed by atoms with Crippen molar-refractivity contribution in [3.63, 3.8) is 0 Å². The van der Waals surface area contributed by atoms with Gasteiger partial charge < -0.3 is 20.7 Å². The average Bonchev–Trinajstić information content (AvgIpc) is 2.60. The number of aryl methyl sites for hydroxylation is 1. The molecule has 0 spiro atoms. The number of rotatable bonds is 4. The number of aromatic nitrogens is 2. The Balaban J connectivity index is 2.47. The van der Waals surface area contributed by atoms with Crippen molar-refractivity contribution < 1.29 is 14.7 Å². The quantitative estimate of drug-likeness (QED) is 0.535. The standard InChI is InChI=1S/C8H12N4O3/c1-12-3-5(11-4-12)8(15)10-2-6(13)7(9)14/h3-4,6,13H,2H2,1H3,(H2,9,14)(H,10,15). The van der Waals surface area contributed by atoms with E-state index in [-0.39, 0.29) is 12.2 Å². The van der Waals surface area contributed by atoms with Crippen LogP contribution in [0.3, 0.4) is 0 Å². The fourth-order valence-corrected chi connectivity index (χ4v) is 0.911. The number of primary amides is 1. The molecule has 2 amide bonds. The number of hydrogen-bond acceptors (Lipinski definition) is 4. The molecule has 1 unspecified atom stereocenters. The van der Waals surface area contributed by atoms with Crippen LogP contribution in [0.2, 0.25) is 0 Å². The molecular weight excluding hydrogens is 200 g/mol. The van der Waals surface area contributed by atoms with Gasteiger partial charge in [-0.1, -0.05) is 0 Å². The normalized spacial score (nSPS) is 12.1. The molecule has 15 heavy (non-hydrogen) atoms. The lowest BCUT2D eigenvalue weighted by atomic mass is 10.3. The summed E-state index contributed by atoms with van der Waals surface area (Å²) in [5, 5.41) is 11.3. The SMILES string of the molecule is Cn1cnc(C(=O)NCC(O)C(N)=O)c1. The summed E-state index contributed by atoms with van der Waals surface area (Å²) in [4.78, 5) is 25.6. The number of aliphatic hydroxyl groups excluding tert-OH is 1. The number of hydrogen-bond donors (Lipinski definition) is 3. The molecule has 1 heterocycles. The van der Waals surface area contributed by atoms with Crippen LogP contribution >= 0.6 is 0 Å². The molecule has 1 atom stereocenters. The molecule has 0 saturated heterocycles. The summed E-state index contributed by atoms with van der Waals surface area (Å²) in [5.74, 6) is -1.34. The Bertz CT molecular complexity index is 374. The number of aliphatic hydroxyl groups is 1. The molecule has 7 heteroatoms. The predicted molar refractivity (Wildman–Crippen MR) is 50.7 cm³/mol. The van der Waals surface area contributed by atoms with Gasteiger partial charge in [0.1, 0.15) is 11.8 Å². The van der Waals surface area contributed by atoms with Gasteiger partial charge in [-0.2, -0.15) is 0 Å². The molecule has 0 radical (unpaired) electrons. The molecule has 1 rings (SSSR count). The van der Waals surface area contributed by atoms with E-state index in [2.05, 4.69) is 10.3 Å². The second-order valence-corrected chi connectivity index (χ2v) is 3.05. The monoisotopic (exact) mass is 212 g/mol. The lowest BCUT2D eigenvalue weighted by Crippen LogP contribution is -2.40. The Morgan fingerprint density at radius 1 is 1.73 bits per heavy atom. The van der Waals surface area contributed by atoms with Crippen LogP contribution in [0.4, 0.5) is 0 Å². The molecular formula is C8H12N4O3. The lowest BCUT2D eigenvalue weighted by Gasteiger charge is -2.06. The molecule has 1 aromatic heterocycles. The van der Waals surface area contributed by atoms with Gasteiger partial charge in [-0.3, -0.25) is 9.59 Å². The van der Waals surface area contributed by atoms with Gasteiger partial charge in [0.15, 0.2) is 0 Å². The van der Waals surface area contributed by atoms with Crippen molar-refractivity contribution in [2.45, 2.75) is 6.10 Å². The Morgan fingerprint density at radius 3 is 2.87 bits per heavy atom. The van der Waals surface area contributed by atoms with E-state index in [9.17, 15) is 9.59 Å². The predicted octanol–water partition coefficient (Wildman–Crippen LogP) is -2.00. The van der Waals surface area contributed by atoms with Gasteiger partial charge in [-0.05, 0) is 0 Å². The first-order valence-corrected chi connectivity index (χ1v) is 4.24. The highest BCUT2D eigenvalue weighted by Gasteiger charge is 2.14. The second kappa shape index (κ2) is 4.56. The highest BCUT2D eigenvalue weighted by atomic mass is 16.3. The molecule has 0 aliphatic carbocycles.